The lowest BCUT2D eigenvalue weighted by Crippen LogP contribution is -2.14. The van der Waals surface area contributed by atoms with Crippen molar-refractivity contribution in [2.24, 2.45) is 0 Å². The summed E-state index contributed by atoms with van der Waals surface area (Å²) >= 11 is 1.22. The Balaban J connectivity index is 1.57. The number of nitrogens with one attached hydrogen (secondary N) is 1. The van der Waals surface area contributed by atoms with E-state index >= 15 is 0 Å². The van der Waals surface area contributed by atoms with E-state index in [1.807, 2.05) is 59.2 Å². The van der Waals surface area contributed by atoms with E-state index in [9.17, 15) is 14.9 Å². The van der Waals surface area contributed by atoms with Crippen LogP contribution in [-0.4, -0.2) is 38.5 Å². The van der Waals surface area contributed by atoms with Crippen LogP contribution in [0.1, 0.15) is 5.56 Å². The van der Waals surface area contributed by atoms with Gasteiger partial charge in [-0.1, -0.05) is 48.2 Å². The van der Waals surface area contributed by atoms with Crippen LogP contribution in [0.4, 0.5) is 11.4 Å². The van der Waals surface area contributed by atoms with E-state index in [-0.39, 0.29) is 17.3 Å². The summed E-state index contributed by atoms with van der Waals surface area (Å²) in [5.74, 6) is 1.04. The first-order chi connectivity index (χ1) is 16.5. The molecule has 0 aliphatic rings. The van der Waals surface area contributed by atoms with Crippen molar-refractivity contribution in [3.05, 3.63) is 88.5 Å². The molecule has 0 bridgehead atoms. The Hall–Kier alpha value is -4.18. The van der Waals surface area contributed by atoms with Crippen molar-refractivity contribution >= 4 is 29.0 Å². The fourth-order valence-corrected chi connectivity index (χ4v) is 4.09. The molecule has 0 aliphatic carbocycles. The molecule has 9 nitrogen and oxygen atoms in total. The van der Waals surface area contributed by atoms with Crippen LogP contribution in [0.5, 0.6) is 5.75 Å². The fourth-order valence-electron chi connectivity index (χ4n) is 3.33. The van der Waals surface area contributed by atoms with Gasteiger partial charge in [0.2, 0.25) is 5.91 Å². The van der Waals surface area contributed by atoms with Crippen molar-refractivity contribution in [1.82, 2.24) is 14.8 Å². The highest BCUT2D eigenvalue weighted by Crippen LogP contribution is 2.30. The van der Waals surface area contributed by atoms with Gasteiger partial charge in [0.25, 0.3) is 5.69 Å². The van der Waals surface area contributed by atoms with E-state index in [4.69, 9.17) is 4.74 Å². The summed E-state index contributed by atoms with van der Waals surface area (Å²) in [6.45, 7) is 1.65. The summed E-state index contributed by atoms with van der Waals surface area (Å²) < 4.78 is 7.22. The number of rotatable bonds is 8. The molecule has 0 aliphatic heterocycles. The van der Waals surface area contributed by atoms with Gasteiger partial charge in [0.1, 0.15) is 5.75 Å². The topological polar surface area (TPSA) is 112 Å². The predicted molar refractivity (Wildman–Crippen MR) is 131 cm³/mol. The maximum Gasteiger partial charge on any atom is 0.274 e. The number of nitrogens with zero attached hydrogens (tertiary/aromatic N) is 4. The van der Waals surface area contributed by atoms with Crippen LogP contribution in [-0.2, 0) is 4.79 Å². The molecule has 0 saturated heterocycles. The number of para-hydroxylation sites is 1. The van der Waals surface area contributed by atoms with E-state index in [1.165, 1.54) is 17.8 Å². The number of amides is 1. The molecule has 4 aromatic rings. The van der Waals surface area contributed by atoms with E-state index in [0.717, 1.165) is 11.3 Å². The molecular weight excluding hydrogens is 454 g/mol. The summed E-state index contributed by atoms with van der Waals surface area (Å²) in [6, 6.07) is 21.7. The highest BCUT2D eigenvalue weighted by molar-refractivity contribution is 7.99. The third kappa shape index (κ3) is 5.07. The SMILES string of the molecule is COc1cccc(-c2nnc(SCC(=O)Nc3ccc(C)c([N+](=O)[O-])c3)n2-c2ccccc2)c1. The molecule has 1 amide bonds. The summed E-state index contributed by atoms with van der Waals surface area (Å²) in [5.41, 5.74) is 2.52. The minimum atomic E-state index is -0.470. The molecule has 0 spiro atoms. The van der Waals surface area contributed by atoms with E-state index in [1.54, 1.807) is 26.2 Å². The number of ether oxygens (including phenoxy) is 1. The van der Waals surface area contributed by atoms with Crippen molar-refractivity contribution in [2.75, 3.05) is 18.2 Å². The molecule has 1 aromatic heterocycles. The summed E-state index contributed by atoms with van der Waals surface area (Å²) in [7, 11) is 1.60. The van der Waals surface area contributed by atoms with Crippen LogP contribution in [0.15, 0.2) is 78.0 Å². The number of anilines is 1. The summed E-state index contributed by atoms with van der Waals surface area (Å²) in [5, 5.41) is 23.1. The van der Waals surface area contributed by atoms with Gasteiger partial charge >= 0.3 is 0 Å². The molecule has 0 atom stereocenters. The smallest absolute Gasteiger partial charge is 0.274 e. The van der Waals surface area contributed by atoms with E-state index < -0.39 is 4.92 Å². The normalized spacial score (nSPS) is 10.6. The van der Waals surface area contributed by atoms with Crippen LogP contribution < -0.4 is 10.1 Å². The van der Waals surface area contributed by atoms with Crippen LogP contribution in [0.3, 0.4) is 0 Å². The number of methoxy groups -OCH3 is 1. The molecule has 10 heteroatoms. The van der Waals surface area contributed by atoms with Crippen molar-refractivity contribution in [3.63, 3.8) is 0 Å². The average Bonchev–Trinajstić information content (AvgIpc) is 3.28. The van der Waals surface area contributed by atoms with Crippen molar-refractivity contribution in [2.45, 2.75) is 12.1 Å². The van der Waals surface area contributed by atoms with Gasteiger partial charge in [0, 0.05) is 28.6 Å². The Kier molecular flexibility index (Phi) is 6.88. The summed E-state index contributed by atoms with van der Waals surface area (Å²) in [6.07, 6.45) is 0. The van der Waals surface area contributed by atoms with Crippen LogP contribution in [0.25, 0.3) is 17.1 Å². The molecule has 1 N–H and O–H groups in total. The van der Waals surface area contributed by atoms with E-state index in [2.05, 4.69) is 15.5 Å². The standard InChI is InChI=1S/C24H21N5O4S/c1-16-11-12-18(14-21(16)29(31)32)25-22(30)15-34-24-27-26-23(17-7-6-10-20(13-17)33-2)28(24)19-8-4-3-5-9-19/h3-14H,15H2,1-2H3,(H,25,30). The largest absolute Gasteiger partial charge is 0.497 e. The molecule has 0 unspecified atom stereocenters. The van der Waals surface area contributed by atoms with Crippen LogP contribution in [0.2, 0.25) is 0 Å². The maximum atomic E-state index is 12.6. The third-order valence-corrected chi connectivity index (χ3v) is 5.93. The van der Waals surface area contributed by atoms with Crippen LogP contribution >= 0.6 is 11.8 Å². The van der Waals surface area contributed by atoms with Crippen molar-refractivity contribution in [1.29, 1.82) is 0 Å². The molecule has 0 saturated carbocycles. The van der Waals surface area contributed by atoms with Gasteiger partial charge in [-0.15, -0.1) is 10.2 Å². The van der Waals surface area contributed by atoms with Gasteiger partial charge in [-0.3, -0.25) is 19.5 Å². The zero-order valence-corrected chi connectivity index (χ0v) is 19.3. The monoisotopic (exact) mass is 475 g/mol. The molecule has 4 rings (SSSR count). The predicted octanol–water partition coefficient (Wildman–Crippen LogP) is 4.89. The second-order valence-electron chi connectivity index (χ2n) is 7.30. The second kappa shape index (κ2) is 10.2. The zero-order chi connectivity index (χ0) is 24.1. The maximum absolute atomic E-state index is 12.6. The number of nitro benzene ring substituents is 1. The number of nitro groups is 1. The van der Waals surface area contributed by atoms with Gasteiger partial charge in [0.15, 0.2) is 11.0 Å². The number of hydrogen-bond acceptors (Lipinski definition) is 7. The first-order valence-corrected chi connectivity index (χ1v) is 11.3. The second-order valence-corrected chi connectivity index (χ2v) is 8.25. The molecular formula is C24H21N5O4S. The lowest BCUT2D eigenvalue weighted by molar-refractivity contribution is -0.385. The number of aryl methyl sites for hydroxylation is 1. The fraction of sp³-hybridized carbons (Fsp3) is 0.125. The van der Waals surface area contributed by atoms with Crippen LogP contribution in [0, 0.1) is 17.0 Å². The first kappa shape index (κ1) is 23.0. The Bertz CT molecular complexity index is 1340. The van der Waals surface area contributed by atoms with Gasteiger partial charge in [-0.2, -0.15) is 0 Å². The number of thioether (sulfide) groups is 1. The Labute approximate surface area is 199 Å². The average molecular weight is 476 g/mol. The van der Waals surface area contributed by atoms with Crippen molar-refractivity contribution in [3.8, 4) is 22.8 Å². The summed E-state index contributed by atoms with van der Waals surface area (Å²) in [4.78, 5) is 23.3. The molecule has 0 radical (unpaired) electrons. The Morgan fingerprint density at radius 3 is 2.62 bits per heavy atom. The lowest BCUT2D eigenvalue weighted by Gasteiger charge is -2.11. The quantitative estimate of drug-likeness (QED) is 0.219. The Morgan fingerprint density at radius 2 is 1.88 bits per heavy atom. The minimum Gasteiger partial charge on any atom is -0.497 e. The van der Waals surface area contributed by atoms with Crippen molar-refractivity contribution < 1.29 is 14.5 Å². The highest BCUT2D eigenvalue weighted by atomic mass is 32.2. The number of benzene rings is 3. The zero-order valence-electron chi connectivity index (χ0n) is 18.5. The van der Waals surface area contributed by atoms with Gasteiger partial charge in [0.05, 0.1) is 17.8 Å². The lowest BCUT2D eigenvalue weighted by atomic mass is 10.2. The number of hydrogen-bond donors (Lipinski definition) is 1. The Morgan fingerprint density at radius 1 is 1.09 bits per heavy atom. The number of carbonyl (C=O) groups excluding carboxylic acids is 1. The highest BCUT2D eigenvalue weighted by Gasteiger charge is 2.18. The molecule has 1 heterocycles. The molecule has 0 fully saturated rings. The van der Waals surface area contributed by atoms with E-state index in [0.29, 0.717) is 28.0 Å². The van der Waals surface area contributed by atoms with Gasteiger partial charge in [-0.05, 0) is 37.3 Å². The molecule has 34 heavy (non-hydrogen) atoms. The number of carbonyl (C=O) groups is 1. The minimum absolute atomic E-state index is 0.0443. The number of aromatic nitrogens is 3. The third-order valence-electron chi connectivity index (χ3n) is 5.00. The molecule has 172 valence electrons. The van der Waals surface area contributed by atoms with Gasteiger partial charge in [-0.25, -0.2) is 0 Å². The van der Waals surface area contributed by atoms with Gasteiger partial charge < -0.3 is 10.1 Å². The molecule has 3 aromatic carbocycles. The first-order valence-electron chi connectivity index (χ1n) is 10.3.